The van der Waals surface area contributed by atoms with Gasteiger partial charge in [-0.2, -0.15) is 0 Å². The Kier molecular flexibility index (Phi) is 6.45. The number of sulfonamides is 1. The molecular formula is C18H19FN6O2S. The highest BCUT2D eigenvalue weighted by atomic mass is 32.2. The molecule has 1 aromatic carbocycles. The van der Waals surface area contributed by atoms with Crippen molar-refractivity contribution in [3.8, 4) is 0 Å². The first-order valence-corrected chi connectivity index (χ1v) is 10.1. The number of pyridine rings is 1. The summed E-state index contributed by atoms with van der Waals surface area (Å²) in [7, 11) is -3.64. The first kappa shape index (κ1) is 19.6. The van der Waals surface area contributed by atoms with Crippen molar-refractivity contribution in [1.82, 2.24) is 19.7 Å². The highest BCUT2D eigenvalue weighted by Gasteiger charge is 2.13. The predicted molar refractivity (Wildman–Crippen MR) is 105 cm³/mol. The molecule has 0 saturated carbocycles. The lowest BCUT2D eigenvalue weighted by Gasteiger charge is -2.10. The third kappa shape index (κ3) is 5.96. The van der Waals surface area contributed by atoms with E-state index in [-0.39, 0.29) is 12.1 Å². The average Bonchev–Trinajstić information content (AvgIpc) is 2.68. The van der Waals surface area contributed by atoms with Crippen molar-refractivity contribution in [3.05, 3.63) is 72.4 Å². The summed E-state index contributed by atoms with van der Waals surface area (Å²) in [5, 5.41) is 6.05. The van der Waals surface area contributed by atoms with E-state index in [1.807, 2.05) is 12.1 Å². The number of nitrogens with one attached hydrogen (secondary N) is 3. The second kappa shape index (κ2) is 9.20. The molecule has 0 bridgehead atoms. The third-order valence-corrected chi connectivity index (χ3v) is 4.98. The molecule has 3 aromatic rings. The Morgan fingerprint density at radius 2 is 1.68 bits per heavy atom. The summed E-state index contributed by atoms with van der Waals surface area (Å²) >= 11 is 0. The van der Waals surface area contributed by atoms with Gasteiger partial charge in [-0.1, -0.05) is 24.3 Å². The van der Waals surface area contributed by atoms with Crippen LogP contribution in [-0.4, -0.2) is 36.5 Å². The van der Waals surface area contributed by atoms with E-state index in [9.17, 15) is 12.8 Å². The van der Waals surface area contributed by atoms with Crippen molar-refractivity contribution in [2.45, 2.75) is 5.75 Å². The standard InChI is InChI=1S/C18H19FN6O2S/c19-15-6-2-1-5-14(15)12-28(26,27)24-10-9-21-17-11-18(23-13-22-17)25-16-7-3-4-8-20-16/h1-8,11,13,24H,9-10,12H2,(H2,20,21,22,23,25). The van der Waals surface area contributed by atoms with Crippen LogP contribution in [0.5, 0.6) is 0 Å². The molecule has 0 aliphatic carbocycles. The molecule has 2 heterocycles. The largest absolute Gasteiger partial charge is 0.369 e. The van der Waals surface area contributed by atoms with E-state index in [0.717, 1.165) is 0 Å². The average molecular weight is 402 g/mol. The Labute approximate surface area is 162 Å². The molecule has 2 aromatic heterocycles. The minimum absolute atomic E-state index is 0.129. The van der Waals surface area contributed by atoms with Crippen LogP contribution >= 0.6 is 0 Å². The number of halogens is 1. The SMILES string of the molecule is O=S(=O)(Cc1ccccc1F)NCCNc1cc(Nc2ccccn2)ncn1. The number of nitrogens with zero attached hydrogens (tertiary/aromatic N) is 3. The Balaban J connectivity index is 1.48. The zero-order valence-electron chi connectivity index (χ0n) is 14.8. The maximum absolute atomic E-state index is 13.6. The van der Waals surface area contributed by atoms with E-state index >= 15 is 0 Å². The molecule has 0 amide bonds. The van der Waals surface area contributed by atoms with E-state index < -0.39 is 21.6 Å². The molecule has 0 fully saturated rings. The molecule has 28 heavy (non-hydrogen) atoms. The smallest absolute Gasteiger partial charge is 0.215 e. The fourth-order valence-corrected chi connectivity index (χ4v) is 3.52. The van der Waals surface area contributed by atoms with Gasteiger partial charge in [0.2, 0.25) is 10.0 Å². The van der Waals surface area contributed by atoms with Crippen LogP contribution in [0.25, 0.3) is 0 Å². The van der Waals surface area contributed by atoms with E-state index in [4.69, 9.17) is 0 Å². The summed E-state index contributed by atoms with van der Waals surface area (Å²) in [5.41, 5.74) is 0.129. The van der Waals surface area contributed by atoms with Crippen LogP contribution in [0, 0.1) is 5.82 Å². The van der Waals surface area contributed by atoms with Gasteiger partial charge in [0.1, 0.15) is 29.6 Å². The fourth-order valence-electron chi connectivity index (χ4n) is 2.36. The van der Waals surface area contributed by atoms with E-state index in [0.29, 0.717) is 24.0 Å². The monoisotopic (exact) mass is 402 g/mol. The molecule has 0 radical (unpaired) electrons. The van der Waals surface area contributed by atoms with Crippen LogP contribution in [0.4, 0.5) is 21.8 Å². The van der Waals surface area contributed by atoms with Gasteiger partial charge >= 0.3 is 0 Å². The Bertz CT molecular complexity index is 1020. The quantitative estimate of drug-likeness (QED) is 0.471. The lowest BCUT2D eigenvalue weighted by atomic mass is 10.2. The summed E-state index contributed by atoms with van der Waals surface area (Å²) in [6, 6.07) is 12.9. The molecule has 0 spiro atoms. The van der Waals surface area contributed by atoms with Crippen molar-refractivity contribution >= 4 is 27.5 Å². The van der Waals surface area contributed by atoms with Crippen molar-refractivity contribution < 1.29 is 12.8 Å². The first-order valence-electron chi connectivity index (χ1n) is 8.46. The van der Waals surface area contributed by atoms with Gasteiger partial charge in [0, 0.05) is 30.9 Å². The van der Waals surface area contributed by atoms with Crippen LogP contribution in [0.3, 0.4) is 0 Å². The molecule has 10 heteroatoms. The highest BCUT2D eigenvalue weighted by Crippen LogP contribution is 2.13. The van der Waals surface area contributed by atoms with Crippen LogP contribution in [0.1, 0.15) is 5.56 Å². The van der Waals surface area contributed by atoms with Crippen LogP contribution in [0.15, 0.2) is 61.1 Å². The second-order valence-electron chi connectivity index (χ2n) is 5.80. The summed E-state index contributed by atoms with van der Waals surface area (Å²) in [6.45, 7) is 0.431. The predicted octanol–water partition coefficient (Wildman–Crippen LogP) is 2.29. The Morgan fingerprint density at radius 3 is 2.46 bits per heavy atom. The van der Waals surface area contributed by atoms with Crippen molar-refractivity contribution in [2.24, 2.45) is 0 Å². The maximum atomic E-state index is 13.6. The van der Waals surface area contributed by atoms with Crippen molar-refractivity contribution in [3.63, 3.8) is 0 Å². The molecule has 0 atom stereocenters. The Hall–Kier alpha value is -3.11. The van der Waals surface area contributed by atoms with Gasteiger partial charge in [0.05, 0.1) is 5.75 Å². The molecule has 0 saturated heterocycles. The number of rotatable bonds is 9. The van der Waals surface area contributed by atoms with Gasteiger partial charge in [-0.05, 0) is 18.2 Å². The zero-order chi connectivity index (χ0) is 19.8. The molecule has 0 aliphatic rings. The van der Waals surface area contributed by atoms with Gasteiger partial charge in [-0.15, -0.1) is 0 Å². The minimum atomic E-state index is -3.64. The number of benzene rings is 1. The third-order valence-electron chi connectivity index (χ3n) is 3.64. The topological polar surface area (TPSA) is 109 Å². The molecule has 8 nitrogen and oxygen atoms in total. The van der Waals surface area contributed by atoms with Gasteiger partial charge in [0.15, 0.2) is 0 Å². The lowest BCUT2D eigenvalue weighted by molar-refractivity contribution is 0.575. The van der Waals surface area contributed by atoms with Crippen LogP contribution in [0.2, 0.25) is 0 Å². The highest BCUT2D eigenvalue weighted by molar-refractivity contribution is 7.88. The summed E-state index contributed by atoms with van der Waals surface area (Å²) < 4.78 is 40.2. The first-order chi connectivity index (χ1) is 13.5. The zero-order valence-corrected chi connectivity index (χ0v) is 15.7. The van der Waals surface area contributed by atoms with E-state index in [2.05, 4.69) is 30.3 Å². The summed E-state index contributed by atoms with van der Waals surface area (Å²) in [4.78, 5) is 12.3. The van der Waals surface area contributed by atoms with Gasteiger partial charge < -0.3 is 10.6 Å². The van der Waals surface area contributed by atoms with E-state index in [1.165, 1.54) is 24.5 Å². The molecule has 0 aliphatic heterocycles. The van der Waals surface area contributed by atoms with Crippen LogP contribution < -0.4 is 15.4 Å². The van der Waals surface area contributed by atoms with Gasteiger partial charge in [-0.25, -0.2) is 32.5 Å². The summed E-state index contributed by atoms with van der Waals surface area (Å²) in [5.74, 6) is 0.775. The molecule has 0 unspecified atom stereocenters. The molecule has 146 valence electrons. The number of anilines is 3. The van der Waals surface area contributed by atoms with Crippen LogP contribution in [-0.2, 0) is 15.8 Å². The number of aromatic nitrogens is 3. The molecule has 3 rings (SSSR count). The second-order valence-corrected chi connectivity index (χ2v) is 7.61. The maximum Gasteiger partial charge on any atom is 0.215 e. The molecule has 3 N–H and O–H groups in total. The normalized spacial score (nSPS) is 11.2. The lowest BCUT2D eigenvalue weighted by Crippen LogP contribution is -2.30. The van der Waals surface area contributed by atoms with Crippen molar-refractivity contribution in [1.29, 1.82) is 0 Å². The van der Waals surface area contributed by atoms with E-state index in [1.54, 1.807) is 24.4 Å². The minimum Gasteiger partial charge on any atom is -0.369 e. The Morgan fingerprint density at radius 1 is 0.893 bits per heavy atom. The fraction of sp³-hybridized carbons (Fsp3) is 0.167. The number of hydrogen-bond donors (Lipinski definition) is 3. The summed E-state index contributed by atoms with van der Waals surface area (Å²) in [6.07, 6.45) is 3.05. The van der Waals surface area contributed by atoms with Crippen molar-refractivity contribution in [2.75, 3.05) is 23.7 Å². The molecular weight excluding hydrogens is 383 g/mol. The van der Waals surface area contributed by atoms with Gasteiger partial charge in [-0.3, -0.25) is 0 Å². The number of hydrogen-bond acceptors (Lipinski definition) is 7. The van der Waals surface area contributed by atoms with Gasteiger partial charge in [0.25, 0.3) is 0 Å².